The topological polar surface area (TPSA) is 59.1 Å². The molecule has 1 rings (SSSR count). The lowest BCUT2D eigenvalue weighted by Gasteiger charge is -1.93. The summed E-state index contributed by atoms with van der Waals surface area (Å²) in [6.07, 6.45) is 0. The average Bonchev–Trinajstić information content (AvgIpc) is 2.07. The van der Waals surface area contributed by atoms with Crippen LogP contribution in [-0.2, 0) is 4.74 Å². The van der Waals surface area contributed by atoms with Crippen molar-refractivity contribution < 1.29 is 4.74 Å². The molecule has 3 nitrogen and oxygen atoms in total. The van der Waals surface area contributed by atoms with Gasteiger partial charge in [0.2, 0.25) is 0 Å². The molecule has 0 amide bonds. The molecule has 0 unspecified atom stereocenters. The number of hydrogen-bond acceptors (Lipinski definition) is 2. The van der Waals surface area contributed by atoms with E-state index >= 15 is 0 Å². The van der Waals surface area contributed by atoms with E-state index < -0.39 is 0 Å². The van der Waals surface area contributed by atoms with Crippen molar-refractivity contribution in [1.29, 1.82) is 5.41 Å². The number of hydrogen-bond donors (Lipinski definition) is 2. The number of nitrogen functional groups attached to an aromatic ring is 1. The van der Waals surface area contributed by atoms with Crippen molar-refractivity contribution in [2.45, 2.75) is 0 Å². The highest BCUT2D eigenvalue weighted by Gasteiger charge is 1.89. The molecule has 0 heterocycles. The van der Waals surface area contributed by atoms with Crippen molar-refractivity contribution in [1.82, 2.24) is 0 Å². The molecule has 0 spiro atoms. The summed E-state index contributed by atoms with van der Waals surface area (Å²) < 4.78 is 4.25. The molecule has 0 saturated heterocycles. The van der Waals surface area contributed by atoms with Crippen molar-refractivity contribution in [2.75, 3.05) is 14.2 Å². The predicted molar refractivity (Wildman–Crippen MR) is 50.4 cm³/mol. The van der Waals surface area contributed by atoms with Gasteiger partial charge in [-0.15, -0.1) is 0 Å². The first-order valence-electron chi connectivity index (χ1n) is 3.52. The second-order valence-electron chi connectivity index (χ2n) is 2.19. The molecular weight excluding hydrogens is 152 g/mol. The van der Waals surface area contributed by atoms with Crippen LogP contribution in [0.5, 0.6) is 0 Å². The van der Waals surface area contributed by atoms with Gasteiger partial charge in [-0.1, -0.05) is 30.3 Å². The summed E-state index contributed by atoms with van der Waals surface area (Å²) in [5.41, 5.74) is 5.97. The molecule has 1 aromatic rings. The minimum absolute atomic E-state index is 0.121. The Hall–Kier alpha value is -1.35. The summed E-state index contributed by atoms with van der Waals surface area (Å²) in [5.74, 6) is 0.121. The van der Waals surface area contributed by atoms with E-state index in [9.17, 15) is 0 Å². The monoisotopic (exact) mass is 166 g/mol. The molecule has 12 heavy (non-hydrogen) atoms. The molecule has 0 aliphatic rings. The van der Waals surface area contributed by atoms with Gasteiger partial charge in [-0.3, -0.25) is 5.41 Å². The van der Waals surface area contributed by atoms with Crippen LogP contribution >= 0.6 is 0 Å². The third-order valence-corrected chi connectivity index (χ3v) is 1.08. The fraction of sp³-hybridized carbons (Fsp3) is 0.222. The smallest absolute Gasteiger partial charge is 0.122 e. The third-order valence-electron chi connectivity index (χ3n) is 1.08. The molecule has 3 heteroatoms. The van der Waals surface area contributed by atoms with Gasteiger partial charge < -0.3 is 10.5 Å². The van der Waals surface area contributed by atoms with Gasteiger partial charge >= 0.3 is 0 Å². The number of methoxy groups -OCH3 is 1. The number of nitrogens with one attached hydrogen (secondary N) is 1. The summed E-state index contributed by atoms with van der Waals surface area (Å²) in [7, 11) is 3.25. The molecule has 0 radical (unpaired) electrons. The number of ether oxygens (including phenoxy) is 1. The quantitative estimate of drug-likeness (QED) is 0.487. The molecule has 0 aromatic heterocycles. The minimum atomic E-state index is 0.121. The molecular formula is C9H14N2O. The normalized spacial score (nSPS) is 8.17. The van der Waals surface area contributed by atoms with E-state index in [2.05, 4.69) is 4.74 Å². The van der Waals surface area contributed by atoms with Crippen LogP contribution in [-0.4, -0.2) is 20.1 Å². The van der Waals surface area contributed by atoms with Crippen LogP contribution in [0.3, 0.4) is 0 Å². The van der Waals surface area contributed by atoms with Crippen molar-refractivity contribution in [3.63, 3.8) is 0 Å². The molecule has 0 saturated carbocycles. The lowest BCUT2D eigenvalue weighted by molar-refractivity contribution is 0.277. The molecule has 0 aliphatic heterocycles. The largest absolute Gasteiger partial charge is 0.388 e. The average molecular weight is 166 g/mol. The molecule has 0 fully saturated rings. The molecule has 0 aliphatic carbocycles. The van der Waals surface area contributed by atoms with E-state index in [1.807, 2.05) is 30.3 Å². The molecule has 0 bridgehead atoms. The SMILES string of the molecule is COC.N=C(N)c1ccccc1. The fourth-order valence-electron chi connectivity index (χ4n) is 0.618. The van der Waals surface area contributed by atoms with Crippen molar-refractivity contribution >= 4 is 5.84 Å². The van der Waals surface area contributed by atoms with Crippen LogP contribution in [0.4, 0.5) is 0 Å². The second kappa shape index (κ2) is 6.37. The van der Waals surface area contributed by atoms with Crippen LogP contribution in [0.25, 0.3) is 0 Å². The van der Waals surface area contributed by atoms with Crippen molar-refractivity contribution in [2.24, 2.45) is 5.73 Å². The van der Waals surface area contributed by atoms with Crippen molar-refractivity contribution in [3.8, 4) is 0 Å². The maximum Gasteiger partial charge on any atom is 0.122 e. The van der Waals surface area contributed by atoms with Gasteiger partial charge in [-0.2, -0.15) is 0 Å². The van der Waals surface area contributed by atoms with Crippen LogP contribution < -0.4 is 5.73 Å². The first kappa shape index (κ1) is 10.7. The first-order chi connectivity index (χ1) is 5.72. The van der Waals surface area contributed by atoms with Gasteiger partial charge in [-0.25, -0.2) is 0 Å². The zero-order chi connectivity index (χ0) is 9.40. The Balaban J connectivity index is 0.000000354. The highest BCUT2D eigenvalue weighted by Crippen LogP contribution is 1.94. The lowest BCUT2D eigenvalue weighted by Crippen LogP contribution is -2.10. The Labute approximate surface area is 72.7 Å². The van der Waals surface area contributed by atoms with Gasteiger partial charge in [0.15, 0.2) is 0 Å². The van der Waals surface area contributed by atoms with Crippen molar-refractivity contribution in [3.05, 3.63) is 35.9 Å². The summed E-state index contributed by atoms with van der Waals surface area (Å²) in [4.78, 5) is 0. The Morgan fingerprint density at radius 3 is 1.92 bits per heavy atom. The van der Waals surface area contributed by atoms with Gasteiger partial charge in [0.1, 0.15) is 5.84 Å². The summed E-state index contributed by atoms with van der Waals surface area (Å²) >= 11 is 0. The zero-order valence-electron chi connectivity index (χ0n) is 7.37. The summed E-state index contributed by atoms with van der Waals surface area (Å²) in [6.45, 7) is 0. The highest BCUT2D eigenvalue weighted by atomic mass is 16.4. The number of amidine groups is 1. The summed E-state index contributed by atoms with van der Waals surface area (Å²) in [5, 5.41) is 7.01. The van der Waals surface area contributed by atoms with Crippen LogP contribution in [0.2, 0.25) is 0 Å². The first-order valence-corrected chi connectivity index (χ1v) is 3.52. The number of rotatable bonds is 1. The second-order valence-corrected chi connectivity index (χ2v) is 2.19. The van der Waals surface area contributed by atoms with Gasteiger partial charge in [-0.05, 0) is 0 Å². The Morgan fingerprint density at radius 1 is 1.25 bits per heavy atom. The Bertz CT molecular complexity index is 221. The molecule has 66 valence electrons. The van der Waals surface area contributed by atoms with Crippen LogP contribution in [0, 0.1) is 5.41 Å². The minimum Gasteiger partial charge on any atom is -0.388 e. The third kappa shape index (κ3) is 4.46. The molecule has 3 N–H and O–H groups in total. The van der Waals surface area contributed by atoms with Crippen LogP contribution in [0.15, 0.2) is 30.3 Å². The fourth-order valence-corrected chi connectivity index (χ4v) is 0.618. The summed E-state index contributed by atoms with van der Waals surface area (Å²) in [6, 6.07) is 9.23. The van der Waals surface area contributed by atoms with E-state index in [4.69, 9.17) is 11.1 Å². The maximum atomic E-state index is 7.01. The molecule has 0 atom stereocenters. The number of benzene rings is 1. The van der Waals surface area contributed by atoms with Gasteiger partial charge in [0.25, 0.3) is 0 Å². The lowest BCUT2D eigenvalue weighted by atomic mass is 10.2. The van der Waals surface area contributed by atoms with E-state index in [0.717, 1.165) is 5.56 Å². The maximum absolute atomic E-state index is 7.01. The van der Waals surface area contributed by atoms with E-state index in [0.29, 0.717) is 0 Å². The predicted octanol–water partition coefficient (Wildman–Crippen LogP) is 1.23. The van der Waals surface area contributed by atoms with Crippen LogP contribution in [0.1, 0.15) is 5.56 Å². The Kier molecular flexibility index (Phi) is 5.65. The van der Waals surface area contributed by atoms with E-state index in [-0.39, 0.29) is 5.84 Å². The highest BCUT2D eigenvalue weighted by molar-refractivity contribution is 5.94. The van der Waals surface area contributed by atoms with Gasteiger partial charge in [0.05, 0.1) is 0 Å². The Morgan fingerprint density at radius 2 is 1.67 bits per heavy atom. The standard InChI is InChI=1S/C7H8N2.C2H6O/c8-7(9)6-4-2-1-3-5-6;1-3-2/h1-5H,(H3,8,9);1-2H3. The van der Waals surface area contributed by atoms with E-state index in [1.54, 1.807) is 14.2 Å². The number of nitrogens with two attached hydrogens (primary N) is 1. The molecule has 1 aromatic carbocycles. The zero-order valence-corrected chi connectivity index (χ0v) is 7.37. The van der Waals surface area contributed by atoms with Gasteiger partial charge in [0, 0.05) is 19.8 Å². The van der Waals surface area contributed by atoms with E-state index in [1.165, 1.54) is 0 Å².